The van der Waals surface area contributed by atoms with Gasteiger partial charge in [-0.3, -0.25) is 0 Å². The molecule has 0 aliphatic carbocycles. The van der Waals surface area contributed by atoms with Crippen LogP contribution in [0.3, 0.4) is 0 Å². The molecule has 2 rings (SSSR count). The van der Waals surface area contributed by atoms with Crippen LogP contribution in [0.5, 0.6) is 0 Å². The highest BCUT2D eigenvalue weighted by Gasteiger charge is 2.30. The smallest absolute Gasteiger partial charge is 0.245 e. The summed E-state index contributed by atoms with van der Waals surface area (Å²) < 4.78 is 31.9. The minimum Gasteiger partial charge on any atom is -0.398 e. The summed E-state index contributed by atoms with van der Waals surface area (Å²) in [5.41, 5.74) is 7.15. The molecule has 1 aliphatic heterocycles. The van der Waals surface area contributed by atoms with Crippen molar-refractivity contribution < 1.29 is 13.2 Å². The number of methoxy groups -OCH3 is 1. The molecule has 6 heteroatoms. The molecular formula is C14H22N2O3S. The predicted octanol–water partition coefficient (Wildman–Crippen LogP) is 1.62. The van der Waals surface area contributed by atoms with Crippen LogP contribution < -0.4 is 5.73 Å². The van der Waals surface area contributed by atoms with Gasteiger partial charge in [0.05, 0.1) is 5.69 Å². The van der Waals surface area contributed by atoms with Crippen LogP contribution in [0.2, 0.25) is 0 Å². The van der Waals surface area contributed by atoms with E-state index in [1.54, 1.807) is 25.3 Å². The normalized spacial score (nSPS) is 18.3. The van der Waals surface area contributed by atoms with E-state index in [0.29, 0.717) is 31.3 Å². The number of benzene rings is 1. The molecule has 0 unspecified atom stereocenters. The van der Waals surface area contributed by atoms with E-state index in [4.69, 9.17) is 10.5 Å². The quantitative estimate of drug-likeness (QED) is 0.857. The lowest BCUT2D eigenvalue weighted by atomic mass is 9.99. The number of hydrogen-bond donors (Lipinski definition) is 1. The number of anilines is 1. The molecular weight excluding hydrogens is 276 g/mol. The first kappa shape index (κ1) is 15.3. The van der Waals surface area contributed by atoms with Crippen LogP contribution in [-0.4, -0.2) is 39.5 Å². The highest BCUT2D eigenvalue weighted by Crippen LogP contribution is 2.27. The topological polar surface area (TPSA) is 72.6 Å². The molecule has 20 heavy (non-hydrogen) atoms. The molecule has 1 aromatic rings. The molecule has 0 saturated carbocycles. The van der Waals surface area contributed by atoms with Crippen LogP contribution in [-0.2, 0) is 14.8 Å². The van der Waals surface area contributed by atoms with Crippen LogP contribution in [0.4, 0.5) is 5.69 Å². The van der Waals surface area contributed by atoms with Gasteiger partial charge in [-0.15, -0.1) is 0 Å². The number of piperidine rings is 1. The number of aryl methyl sites for hydroxylation is 1. The number of nitrogens with two attached hydrogens (primary N) is 1. The molecule has 0 aromatic heterocycles. The third kappa shape index (κ3) is 3.13. The number of ether oxygens (including phenoxy) is 1. The first-order valence-electron chi connectivity index (χ1n) is 6.80. The highest BCUT2D eigenvalue weighted by atomic mass is 32.2. The Morgan fingerprint density at radius 2 is 2.00 bits per heavy atom. The van der Waals surface area contributed by atoms with E-state index in [0.717, 1.165) is 18.4 Å². The third-order valence-corrected chi connectivity index (χ3v) is 5.73. The van der Waals surface area contributed by atoms with Gasteiger partial charge in [-0.25, -0.2) is 8.42 Å². The van der Waals surface area contributed by atoms with Gasteiger partial charge in [0, 0.05) is 26.8 Å². The minimum atomic E-state index is -3.48. The molecule has 0 spiro atoms. The van der Waals surface area contributed by atoms with Crippen molar-refractivity contribution in [2.75, 3.05) is 32.5 Å². The minimum absolute atomic E-state index is 0.216. The van der Waals surface area contributed by atoms with E-state index in [-0.39, 0.29) is 4.90 Å². The van der Waals surface area contributed by atoms with E-state index in [2.05, 4.69) is 0 Å². The summed E-state index contributed by atoms with van der Waals surface area (Å²) >= 11 is 0. The monoisotopic (exact) mass is 298 g/mol. The summed E-state index contributed by atoms with van der Waals surface area (Å²) in [4.78, 5) is 0.216. The van der Waals surface area contributed by atoms with Gasteiger partial charge in [-0.2, -0.15) is 4.31 Å². The SMILES string of the molecule is COCC1CCN(S(=O)(=O)c2ccc(C)cc2N)CC1. The third-order valence-electron chi connectivity index (χ3n) is 3.76. The van der Waals surface area contributed by atoms with Crippen LogP contribution >= 0.6 is 0 Å². The predicted molar refractivity (Wildman–Crippen MR) is 79.0 cm³/mol. The van der Waals surface area contributed by atoms with Gasteiger partial charge in [0.2, 0.25) is 10.0 Å². The van der Waals surface area contributed by atoms with Gasteiger partial charge in [0.1, 0.15) is 4.90 Å². The van der Waals surface area contributed by atoms with Gasteiger partial charge in [0.25, 0.3) is 0 Å². The number of rotatable bonds is 4. The maximum absolute atomic E-state index is 12.6. The summed E-state index contributed by atoms with van der Waals surface area (Å²) in [7, 11) is -1.80. The number of hydrogen-bond acceptors (Lipinski definition) is 4. The first-order chi connectivity index (χ1) is 9.45. The van der Waals surface area contributed by atoms with Crippen molar-refractivity contribution in [3.63, 3.8) is 0 Å². The first-order valence-corrected chi connectivity index (χ1v) is 8.24. The number of nitrogen functional groups attached to an aromatic ring is 1. The molecule has 0 amide bonds. The Hall–Kier alpha value is -1.11. The lowest BCUT2D eigenvalue weighted by Gasteiger charge is -2.31. The highest BCUT2D eigenvalue weighted by molar-refractivity contribution is 7.89. The van der Waals surface area contributed by atoms with E-state index < -0.39 is 10.0 Å². The maximum Gasteiger partial charge on any atom is 0.245 e. The molecule has 112 valence electrons. The van der Waals surface area contributed by atoms with E-state index in [1.807, 2.05) is 6.92 Å². The van der Waals surface area contributed by atoms with Crippen molar-refractivity contribution >= 4 is 15.7 Å². The standard InChI is InChI=1S/C14H22N2O3S/c1-11-3-4-14(13(15)9-11)20(17,18)16-7-5-12(6-8-16)10-19-2/h3-4,9,12H,5-8,10,15H2,1-2H3. The van der Waals surface area contributed by atoms with Gasteiger partial charge < -0.3 is 10.5 Å². The second-order valence-electron chi connectivity index (χ2n) is 5.34. The van der Waals surface area contributed by atoms with Gasteiger partial charge in [0.15, 0.2) is 0 Å². The molecule has 1 aromatic carbocycles. The second-order valence-corrected chi connectivity index (χ2v) is 7.25. The van der Waals surface area contributed by atoms with Crippen molar-refractivity contribution in [1.29, 1.82) is 0 Å². The zero-order valence-electron chi connectivity index (χ0n) is 12.0. The number of sulfonamides is 1. The molecule has 0 bridgehead atoms. The van der Waals surface area contributed by atoms with Crippen molar-refractivity contribution in [1.82, 2.24) is 4.31 Å². The van der Waals surface area contributed by atoms with Crippen LogP contribution in [0.15, 0.2) is 23.1 Å². The molecule has 0 radical (unpaired) electrons. The largest absolute Gasteiger partial charge is 0.398 e. The van der Waals surface area contributed by atoms with Crippen molar-refractivity contribution in [3.05, 3.63) is 23.8 Å². The van der Waals surface area contributed by atoms with Gasteiger partial charge in [-0.05, 0) is 43.4 Å². The lowest BCUT2D eigenvalue weighted by Crippen LogP contribution is -2.39. The Labute approximate surface area is 120 Å². The van der Waals surface area contributed by atoms with Crippen LogP contribution in [0, 0.1) is 12.8 Å². The average Bonchev–Trinajstić information content (AvgIpc) is 2.39. The zero-order valence-corrected chi connectivity index (χ0v) is 12.8. The fraction of sp³-hybridized carbons (Fsp3) is 0.571. The summed E-state index contributed by atoms with van der Waals surface area (Å²) in [6.07, 6.45) is 1.66. The molecule has 1 fully saturated rings. The fourth-order valence-corrected chi connectivity index (χ4v) is 4.16. The van der Waals surface area contributed by atoms with Gasteiger partial charge >= 0.3 is 0 Å². The summed E-state index contributed by atoms with van der Waals surface area (Å²) in [5.74, 6) is 0.446. The van der Waals surface area contributed by atoms with Crippen molar-refractivity contribution in [2.24, 2.45) is 5.92 Å². The van der Waals surface area contributed by atoms with Crippen LogP contribution in [0.25, 0.3) is 0 Å². The fourth-order valence-electron chi connectivity index (χ4n) is 2.59. The Balaban J connectivity index is 2.15. The van der Waals surface area contributed by atoms with Gasteiger partial charge in [-0.1, -0.05) is 6.07 Å². The van der Waals surface area contributed by atoms with Crippen molar-refractivity contribution in [3.8, 4) is 0 Å². The lowest BCUT2D eigenvalue weighted by molar-refractivity contribution is 0.121. The molecule has 1 aliphatic rings. The number of nitrogens with zero attached hydrogens (tertiary/aromatic N) is 1. The maximum atomic E-state index is 12.6. The Bertz CT molecular complexity index is 564. The summed E-state index contributed by atoms with van der Waals surface area (Å²) in [5, 5.41) is 0. The van der Waals surface area contributed by atoms with E-state index >= 15 is 0 Å². The Kier molecular flexibility index (Phi) is 4.67. The average molecular weight is 298 g/mol. The Morgan fingerprint density at radius 3 is 2.55 bits per heavy atom. The van der Waals surface area contributed by atoms with E-state index in [1.165, 1.54) is 4.31 Å². The molecule has 1 heterocycles. The molecule has 5 nitrogen and oxygen atoms in total. The Morgan fingerprint density at radius 1 is 1.35 bits per heavy atom. The summed E-state index contributed by atoms with van der Waals surface area (Å²) in [6, 6.07) is 5.08. The summed E-state index contributed by atoms with van der Waals surface area (Å²) in [6.45, 7) is 3.65. The van der Waals surface area contributed by atoms with Crippen molar-refractivity contribution in [2.45, 2.75) is 24.7 Å². The molecule has 1 saturated heterocycles. The zero-order chi connectivity index (χ0) is 14.8. The molecule has 0 atom stereocenters. The van der Waals surface area contributed by atoms with Crippen LogP contribution in [0.1, 0.15) is 18.4 Å². The van der Waals surface area contributed by atoms with E-state index in [9.17, 15) is 8.42 Å². The molecule has 2 N–H and O–H groups in total. The second kappa shape index (κ2) is 6.11.